The van der Waals surface area contributed by atoms with Gasteiger partial charge in [0, 0.05) is 29.0 Å². The molecule has 1 atom stereocenters. The Labute approximate surface area is 271 Å². The Hall–Kier alpha value is -0.890. The van der Waals surface area contributed by atoms with Crippen molar-refractivity contribution in [2.45, 2.75) is 149 Å². The largest absolute Gasteiger partial charge is 0.369 e. The third kappa shape index (κ3) is 77.3. The summed E-state index contributed by atoms with van der Waals surface area (Å²) in [5.74, 6) is 3.26. The number of nitrogens with zero attached hydrogens (tertiary/aromatic N) is 1. The Kier molecular flexibility index (Phi) is 49.1. The molecule has 4 N–H and O–H groups in total. The fourth-order valence-electron chi connectivity index (χ4n) is 0. The lowest BCUT2D eigenvalue weighted by atomic mass is 10.0. The quantitative estimate of drug-likeness (QED) is 0.129. The van der Waals surface area contributed by atoms with Crippen LogP contribution in [0.1, 0.15) is 132 Å². The highest BCUT2D eigenvalue weighted by molar-refractivity contribution is 7.80. The van der Waals surface area contributed by atoms with Crippen molar-refractivity contribution in [2.24, 2.45) is 47.2 Å². The smallest absolute Gasteiger partial charge is 0.219 e. The molecule has 0 aromatic rings. The minimum atomic E-state index is -1.15. The zero-order valence-corrected chi connectivity index (χ0v) is 33.1. The van der Waals surface area contributed by atoms with Crippen LogP contribution in [-0.4, -0.2) is 58.5 Å². The van der Waals surface area contributed by atoms with Crippen LogP contribution < -0.4 is 5.73 Å². The number of aliphatic hydroxyl groups excluding tert-OH is 1. The lowest BCUT2D eigenvalue weighted by molar-refractivity contribution is -0.121. The van der Waals surface area contributed by atoms with Crippen LogP contribution in [0.3, 0.4) is 0 Å². The van der Waals surface area contributed by atoms with Crippen LogP contribution in [0.25, 0.3) is 0 Å². The van der Waals surface area contributed by atoms with E-state index in [4.69, 9.17) is 15.9 Å². The van der Waals surface area contributed by atoms with E-state index in [0.717, 1.165) is 11.8 Å². The van der Waals surface area contributed by atoms with Gasteiger partial charge >= 0.3 is 0 Å². The molecular formula is C35H80N2O4S. The number of primary amides is 1. The van der Waals surface area contributed by atoms with Crippen molar-refractivity contribution in [3.05, 3.63) is 12.2 Å². The minimum Gasteiger partial charge on any atom is -0.369 e. The summed E-state index contributed by atoms with van der Waals surface area (Å²) in [6.45, 7) is 42.2. The van der Waals surface area contributed by atoms with Gasteiger partial charge in [-0.3, -0.25) is 9.59 Å². The Balaban J connectivity index is -0.0000000681. The van der Waals surface area contributed by atoms with Gasteiger partial charge in [0.2, 0.25) is 5.91 Å². The molecule has 260 valence electrons. The Bertz CT molecular complexity index is 467. The second kappa shape index (κ2) is 36.3. The van der Waals surface area contributed by atoms with E-state index in [1.54, 1.807) is 34.6 Å². The Morgan fingerprint density at radius 1 is 0.619 bits per heavy atom. The molecule has 0 rings (SSSR count). The molecule has 0 spiro atoms. The van der Waals surface area contributed by atoms with E-state index in [9.17, 15) is 9.59 Å². The molecular weight excluding hydrogens is 544 g/mol. The molecule has 0 saturated heterocycles. The SMILES string of the molecule is C=C(C)C(C)C.CC(=O)C(C)C.CC(C)C(C)C.CC(C)C(C)S.CC(C)C(N)=O.CC(C)C(O)O.CC(C)N(C)C. The van der Waals surface area contributed by atoms with Gasteiger partial charge < -0.3 is 20.8 Å². The number of hydrogen-bond donors (Lipinski definition) is 4. The third-order valence-corrected chi connectivity index (χ3v) is 6.89. The predicted molar refractivity (Wildman–Crippen MR) is 194 cm³/mol. The first-order valence-corrected chi connectivity index (χ1v) is 16.2. The van der Waals surface area contributed by atoms with Gasteiger partial charge in [-0.05, 0) is 65.5 Å². The number of ketones is 1. The first kappa shape index (κ1) is 56.8. The van der Waals surface area contributed by atoms with Gasteiger partial charge in [0.25, 0.3) is 0 Å². The summed E-state index contributed by atoms with van der Waals surface area (Å²) in [4.78, 5) is 22.2. The summed E-state index contributed by atoms with van der Waals surface area (Å²) >= 11 is 4.19. The highest BCUT2D eigenvalue weighted by Crippen LogP contribution is 2.06. The highest BCUT2D eigenvalue weighted by atomic mass is 32.1. The molecule has 1 amide bonds. The molecule has 1 unspecified atom stereocenters. The van der Waals surface area contributed by atoms with Crippen molar-refractivity contribution in [1.82, 2.24) is 4.90 Å². The predicted octanol–water partition coefficient (Wildman–Crippen LogP) is 8.75. The fraction of sp³-hybridized carbons (Fsp3) is 0.886. The molecule has 0 aliphatic carbocycles. The number of carbonyl (C=O) groups is 2. The second-order valence-corrected chi connectivity index (χ2v) is 14.3. The zero-order valence-electron chi connectivity index (χ0n) is 32.2. The highest BCUT2D eigenvalue weighted by Gasteiger charge is 2.00. The maximum absolute atomic E-state index is 10.1. The van der Waals surface area contributed by atoms with Crippen molar-refractivity contribution in [1.29, 1.82) is 0 Å². The van der Waals surface area contributed by atoms with Crippen molar-refractivity contribution < 1.29 is 19.8 Å². The van der Waals surface area contributed by atoms with Crippen LogP contribution in [0.5, 0.6) is 0 Å². The number of amides is 1. The Morgan fingerprint density at radius 3 is 0.786 bits per heavy atom. The molecule has 0 saturated carbocycles. The molecule has 0 bridgehead atoms. The molecule has 0 heterocycles. The molecule has 0 aromatic heterocycles. The van der Waals surface area contributed by atoms with Crippen molar-refractivity contribution in [2.75, 3.05) is 14.1 Å². The maximum atomic E-state index is 10.1. The van der Waals surface area contributed by atoms with E-state index in [-0.39, 0.29) is 29.4 Å². The minimum absolute atomic E-state index is 0.00926. The first-order valence-electron chi connectivity index (χ1n) is 15.7. The summed E-state index contributed by atoms with van der Waals surface area (Å²) in [5.41, 5.74) is 6.06. The molecule has 7 heteroatoms. The molecule has 42 heavy (non-hydrogen) atoms. The van der Waals surface area contributed by atoms with Crippen LogP contribution >= 0.6 is 12.6 Å². The number of aliphatic hydroxyl groups is 2. The maximum Gasteiger partial charge on any atom is 0.219 e. The average molecular weight is 625 g/mol. The number of allylic oxidation sites excluding steroid dienone is 1. The number of nitrogens with two attached hydrogens (primary N) is 1. The first-order chi connectivity index (χ1) is 18.5. The van der Waals surface area contributed by atoms with Crippen molar-refractivity contribution in [3.63, 3.8) is 0 Å². The van der Waals surface area contributed by atoms with Gasteiger partial charge in [-0.2, -0.15) is 12.6 Å². The van der Waals surface area contributed by atoms with Crippen LogP contribution in [0.15, 0.2) is 12.2 Å². The number of rotatable bonds is 7. The fourth-order valence-corrected chi connectivity index (χ4v) is 0. The number of carbonyl (C=O) groups excluding carboxylic acids is 2. The van der Waals surface area contributed by atoms with Gasteiger partial charge in [0.15, 0.2) is 6.29 Å². The third-order valence-electron chi connectivity index (χ3n) is 6.29. The van der Waals surface area contributed by atoms with Crippen LogP contribution in [-0.2, 0) is 9.59 Å². The van der Waals surface area contributed by atoms with E-state index < -0.39 is 6.29 Å². The summed E-state index contributed by atoms with van der Waals surface area (Å²) in [6.07, 6.45) is -1.15. The summed E-state index contributed by atoms with van der Waals surface area (Å²) < 4.78 is 0. The van der Waals surface area contributed by atoms with Gasteiger partial charge in [0.1, 0.15) is 5.78 Å². The van der Waals surface area contributed by atoms with Gasteiger partial charge in [-0.25, -0.2) is 0 Å². The molecule has 0 fully saturated rings. The van der Waals surface area contributed by atoms with Crippen molar-refractivity contribution >= 4 is 24.3 Å². The second-order valence-electron chi connectivity index (χ2n) is 13.5. The van der Waals surface area contributed by atoms with Crippen LogP contribution in [0, 0.1) is 41.4 Å². The van der Waals surface area contributed by atoms with Gasteiger partial charge in [0.05, 0.1) is 0 Å². The topological polar surface area (TPSA) is 104 Å². The van der Waals surface area contributed by atoms with Gasteiger partial charge in [-0.15, -0.1) is 0 Å². The number of thiol groups is 1. The van der Waals surface area contributed by atoms with E-state index in [1.807, 2.05) is 20.8 Å². The molecule has 0 aromatic carbocycles. The van der Waals surface area contributed by atoms with Crippen molar-refractivity contribution in [3.8, 4) is 0 Å². The average Bonchev–Trinajstić information content (AvgIpc) is 2.80. The zero-order chi connectivity index (χ0) is 36.1. The van der Waals surface area contributed by atoms with Gasteiger partial charge in [-0.1, -0.05) is 116 Å². The van der Waals surface area contributed by atoms with E-state index in [1.165, 1.54) is 5.57 Å². The summed E-state index contributed by atoms with van der Waals surface area (Å²) in [5, 5.41) is 16.9. The number of hydrogen-bond acceptors (Lipinski definition) is 6. The normalized spacial score (nSPS) is 10.9. The lowest BCUT2D eigenvalue weighted by Crippen LogP contribution is -2.20. The summed E-state index contributed by atoms with van der Waals surface area (Å²) in [6, 6.07) is 0.685. The Morgan fingerprint density at radius 2 is 0.786 bits per heavy atom. The van der Waals surface area contributed by atoms with E-state index in [2.05, 4.69) is 114 Å². The standard InChI is InChI=1S/C6H14.C6H12.C5H13N.C5H10O.C5H12S.C4H9NO.C4H10O2/c3*1-5(2)6(3)4;2*1-4(2)5(3)6;2*1-3(2)4(5)6/h5-6H,1-4H3;6H,1H2,2-4H3;5H,1-4H3;4H,1-3H3;4-6H,1-3H3;3H,1-2H3,(H2,5,6);3-6H,1-2H3. The number of Topliss-reactive ketones (excluding diaryl/α,β-unsaturated/α-hetero) is 1. The van der Waals surface area contributed by atoms with E-state index >= 15 is 0 Å². The van der Waals surface area contributed by atoms with E-state index in [0.29, 0.717) is 23.1 Å². The summed E-state index contributed by atoms with van der Waals surface area (Å²) in [7, 11) is 4.15. The lowest BCUT2D eigenvalue weighted by Gasteiger charge is -2.12. The van der Waals surface area contributed by atoms with Crippen LogP contribution in [0.2, 0.25) is 0 Å². The van der Waals surface area contributed by atoms with Crippen LogP contribution in [0.4, 0.5) is 0 Å². The molecule has 0 aliphatic rings. The molecule has 0 radical (unpaired) electrons. The monoisotopic (exact) mass is 625 g/mol. The molecule has 6 nitrogen and oxygen atoms in total. The molecule has 0 aliphatic heterocycles.